The molecule has 0 aliphatic heterocycles. The molecule has 0 saturated carbocycles. The average Bonchev–Trinajstić information content (AvgIpc) is 2.98. The number of Topliss-reactive ketones (excluding diaryl/α,β-unsaturated/α-hetero) is 1. The van der Waals surface area contributed by atoms with Crippen LogP contribution in [0.15, 0.2) is 0 Å². The lowest BCUT2D eigenvalue weighted by molar-refractivity contribution is -0.118. The smallest absolute Gasteiger partial charge is 0.132 e. The van der Waals surface area contributed by atoms with Crippen molar-refractivity contribution in [3.8, 4) is 0 Å². The fourth-order valence-corrected chi connectivity index (χ4v) is 2.82. The lowest BCUT2D eigenvalue weighted by atomic mass is 10.3. The van der Waals surface area contributed by atoms with E-state index < -0.39 is 0 Å². The molecular formula is C28H57NO13. The molecule has 0 fully saturated rings. The molecule has 0 aromatic rings. The van der Waals surface area contributed by atoms with E-state index in [0.717, 1.165) is 0 Å². The van der Waals surface area contributed by atoms with E-state index in [9.17, 15) is 4.79 Å². The van der Waals surface area contributed by atoms with Gasteiger partial charge in [-0.2, -0.15) is 0 Å². The Kier molecular flexibility index (Phi) is 37.4. The van der Waals surface area contributed by atoms with Crippen molar-refractivity contribution in [3.63, 3.8) is 0 Å². The van der Waals surface area contributed by atoms with Gasteiger partial charge in [-0.3, -0.25) is 4.79 Å². The lowest BCUT2D eigenvalue weighted by Gasteiger charge is -2.09. The van der Waals surface area contributed by atoms with Gasteiger partial charge in [0.25, 0.3) is 0 Å². The van der Waals surface area contributed by atoms with Crippen LogP contribution in [0, 0.1) is 0 Å². The van der Waals surface area contributed by atoms with Crippen molar-refractivity contribution < 1.29 is 61.6 Å². The second kappa shape index (κ2) is 38.2. The van der Waals surface area contributed by atoms with Crippen molar-refractivity contribution in [1.29, 1.82) is 0 Å². The number of hydrogen-bond acceptors (Lipinski definition) is 14. The zero-order valence-corrected chi connectivity index (χ0v) is 25.8. The van der Waals surface area contributed by atoms with E-state index in [4.69, 9.17) is 62.6 Å². The maximum atomic E-state index is 10.8. The van der Waals surface area contributed by atoms with Gasteiger partial charge in [-0.05, 0) is 6.92 Å². The largest absolute Gasteiger partial charge is 0.379 e. The predicted molar refractivity (Wildman–Crippen MR) is 154 cm³/mol. The van der Waals surface area contributed by atoms with Crippen LogP contribution in [0.5, 0.6) is 0 Å². The van der Waals surface area contributed by atoms with Gasteiger partial charge in [-0.1, -0.05) is 0 Å². The topological polar surface area (TPSA) is 154 Å². The molecule has 0 saturated heterocycles. The normalized spacial score (nSPS) is 11.5. The number of rotatable bonds is 38. The molecule has 0 aromatic carbocycles. The Bertz CT molecular complexity index is 520. The molecule has 14 heteroatoms. The highest BCUT2D eigenvalue weighted by Gasteiger charge is 1.97. The summed E-state index contributed by atoms with van der Waals surface area (Å²) >= 11 is 0. The van der Waals surface area contributed by atoms with Crippen molar-refractivity contribution >= 4 is 5.78 Å². The first-order chi connectivity index (χ1) is 20.8. The maximum absolute atomic E-state index is 10.8. The fourth-order valence-electron chi connectivity index (χ4n) is 2.82. The van der Waals surface area contributed by atoms with Gasteiger partial charge in [0.1, 0.15) is 5.78 Å². The van der Waals surface area contributed by atoms with Gasteiger partial charge in [0, 0.05) is 13.0 Å². The third kappa shape index (κ3) is 39.1. The minimum Gasteiger partial charge on any atom is -0.379 e. The molecule has 0 bridgehead atoms. The van der Waals surface area contributed by atoms with E-state index in [0.29, 0.717) is 172 Å². The maximum Gasteiger partial charge on any atom is 0.132 e. The first kappa shape index (κ1) is 41.1. The van der Waals surface area contributed by atoms with Crippen LogP contribution < -0.4 is 5.73 Å². The van der Waals surface area contributed by atoms with E-state index >= 15 is 0 Å². The average molecular weight is 616 g/mol. The fraction of sp³-hybridized carbons (Fsp3) is 0.964. The third-order valence-electron chi connectivity index (χ3n) is 4.95. The Morgan fingerprint density at radius 3 is 0.667 bits per heavy atom. The molecule has 0 aliphatic rings. The molecule has 0 atom stereocenters. The summed E-state index contributed by atoms with van der Waals surface area (Å²) in [4.78, 5) is 10.8. The molecule has 0 rings (SSSR count). The van der Waals surface area contributed by atoms with Crippen LogP contribution in [0.2, 0.25) is 0 Å². The minimum absolute atomic E-state index is 0.126. The number of ether oxygens (including phenoxy) is 12. The molecule has 0 aliphatic carbocycles. The lowest BCUT2D eigenvalue weighted by Crippen LogP contribution is -2.15. The molecule has 0 heterocycles. The van der Waals surface area contributed by atoms with Crippen LogP contribution >= 0.6 is 0 Å². The molecule has 0 spiro atoms. The summed E-state index contributed by atoms with van der Waals surface area (Å²) in [5, 5.41) is 0. The molecule has 0 unspecified atom stereocenters. The van der Waals surface area contributed by atoms with Gasteiger partial charge in [-0.25, -0.2) is 0 Å². The van der Waals surface area contributed by atoms with Crippen LogP contribution in [0.1, 0.15) is 13.3 Å². The molecule has 0 radical (unpaired) electrons. The second-order valence-electron chi connectivity index (χ2n) is 8.59. The van der Waals surface area contributed by atoms with Gasteiger partial charge >= 0.3 is 0 Å². The van der Waals surface area contributed by atoms with Crippen LogP contribution in [0.3, 0.4) is 0 Å². The molecular weight excluding hydrogens is 558 g/mol. The Labute approximate surface area is 251 Å². The van der Waals surface area contributed by atoms with Crippen molar-refractivity contribution in [2.45, 2.75) is 13.3 Å². The minimum atomic E-state index is 0.126. The van der Waals surface area contributed by atoms with E-state index in [1.54, 1.807) is 6.92 Å². The zero-order chi connectivity index (χ0) is 30.4. The molecule has 2 N–H and O–H groups in total. The molecule has 0 amide bonds. The van der Waals surface area contributed by atoms with Crippen molar-refractivity contribution in [1.82, 2.24) is 0 Å². The number of nitrogens with two attached hydrogens (primary N) is 1. The van der Waals surface area contributed by atoms with Crippen LogP contribution in [0.25, 0.3) is 0 Å². The quantitative estimate of drug-likeness (QED) is 0.0936. The monoisotopic (exact) mass is 615 g/mol. The van der Waals surface area contributed by atoms with Gasteiger partial charge in [0.2, 0.25) is 0 Å². The van der Waals surface area contributed by atoms with Gasteiger partial charge in [0.15, 0.2) is 0 Å². The van der Waals surface area contributed by atoms with Crippen LogP contribution in [0.4, 0.5) is 0 Å². The summed E-state index contributed by atoms with van der Waals surface area (Å²) in [5.74, 6) is 0.126. The number of carbonyl (C=O) groups is 1. The Morgan fingerprint density at radius 2 is 0.500 bits per heavy atom. The highest BCUT2D eigenvalue weighted by Crippen LogP contribution is 1.88. The molecule has 42 heavy (non-hydrogen) atoms. The summed E-state index contributed by atoms with van der Waals surface area (Å²) in [6.07, 6.45) is 0.442. The first-order valence-electron chi connectivity index (χ1n) is 14.9. The van der Waals surface area contributed by atoms with Crippen molar-refractivity contribution in [2.75, 3.05) is 165 Å². The Morgan fingerprint density at radius 1 is 0.333 bits per heavy atom. The van der Waals surface area contributed by atoms with Gasteiger partial charge < -0.3 is 62.6 Å². The highest BCUT2D eigenvalue weighted by atomic mass is 16.6. The molecule has 0 aromatic heterocycles. The van der Waals surface area contributed by atoms with Crippen LogP contribution in [-0.4, -0.2) is 171 Å². The summed E-state index contributed by atoms with van der Waals surface area (Å²) in [6, 6.07) is 0. The second-order valence-corrected chi connectivity index (χ2v) is 8.59. The number of carbonyl (C=O) groups excluding carboxylic acids is 1. The summed E-state index contributed by atoms with van der Waals surface area (Å²) in [5.41, 5.74) is 5.32. The van der Waals surface area contributed by atoms with Crippen LogP contribution in [-0.2, 0) is 61.6 Å². The number of ketones is 1. The third-order valence-corrected chi connectivity index (χ3v) is 4.95. The molecule has 252 valence electrons. The van der Waals surface area contributed by atoms with E-state index in [-0.39, 0.29) is 5.78 Å². The molecule has 14 nitrogen and oxygen atoms in total. The van der Waals surface area contributed by atoms with Crippen molar-refractivity contribution in [3.05, 3.63) is 0 Å². The standard InChI is InChI=1S/C28H57NO13/c1-28(30)2-4-31-6-8-33-10-12-35-14-16-37-18-20-39-22-24-41-26-27-42-25-23-40-21-19-38-17-15-36-13-11-34-9-7-32-5-3-29/h2-27,29H2,1H3. The summed E-state index contributed by atoms with van der Waals surface area (Å²) in [6.45, 7) is 14.3. The van der Waals surface area contributed by atoms with E-state index in [2.05, 4.69) is 0 Å². The zero-order valence-electron chi connectivity index (χ0n) is 25.8. The van der Waals surface area contributed by atoms with E-state index in [1.165, 1.54) is 0 Å². The summed E-state index contributed by atoms with van der Waals surface area (Å²) < 4.78 is 64.7. The Hall–Kier alpha value is -0.850. The van der Waals surface area contributed by atoms with Crippen molar-refractivity contribution in [2.24, 2.45) is 5.73 Å². The SMILES string of the molecule is CC(=O)CCOCCOCCOCCOCCOCCOCCOCCOCCOCCOCCOCCOCCN. The predicted octanol–water partition coefficient (Wildman–Crippen LogP) is 0.123. The number of hydrogen-bond donors (Lipinski definition) is 1. The van der Waals surface area contributed by atoms with Gasteiger partial charge in [0.05, 0.1) is 159 Å². The Balaban J connectivity index is 3.03. The van der Waals surface area contributed by atoms with E-state index in [1.807, 2.05) is 0 Å². The summed E-state index contributed by atoms with van der Waals surface area (Å²) in [7, 11) is 0. The van der Waals surface area contributed by atoms with Gasteiger partial charge in [-0.15, -0.1) is 0 Å². The highest BCUT2D eigenvalue weighted by molar-refractivity contribution is 5.75. The first-order valence-corrected chi connectivity index (χ1v) is 14.9.